The Balaban J connectivity index is 0.00000225. The Labute approximate surface area is 187 Å². The summed E-state index contributed by atoms with van der Waals surface area (Å²) in [6.07, 6.45) is 10.8. The summed E-state index contributed by atoms with van der Waals surface area (Å²) in [5.41, 5.74) is 0. The lowest BCUT2D eigenvalue weighted by atomic mass is 9.85. The number of nitrogens with one attached hydrogen (secondary N) is 1. The van der Waals surface area contributed by atoms with Crippen LogP contribution in [0.4, 0.5) is 0 Å². The molecule has 0 radical (unpaired) electrons. The Morgan fingerprint density at radius 2 is 1.61 bits per heavy atom. The van der Waals surface area contributed by atoms with Crippen LogP contribution in [0.2, 0.25) is 0 Å². The Morgan fingerprint density at radius 1 is 0.929 bits per heavy atom. The van der Waals surface area contributed by atoms with Crippen molar-refractivity contribution in [2.45, 2.75) is 57.4 Å². The molecule has 2 heterocycles. The molecule has 0 aromatic carbocycles. The van der Waals surface area contributed by atoms with Crippen molar-refractivity contribution in [1.82, 2.24) is 20.0 Å². The highest BCUT2D eigenvalue weighted by Crippen LogP contribution is 2.44. The Bertz CT molecular complexity index is 537. The molecule has 2 aliphatic carbocycles. The van der Waals surface area contributed by atoms with Gasteiger partial charge in [0, 0.05) is 52.4 Å². The summed E-state index contributed by atoms with van der Waals surface area (Å²) in [5.74, 6) is 3.21. The second-order valence-electron chi connectivity index (χ2n) is 8.95. The molecule has 0 spiro atoms. The topological polar surface area (TPSA) is 51.2 Å². The van der Waals surface area contributed by atoms with E-state index in [1.807, 2.05) is 11.9 Å². The third-order valence-electron chi connectivity index (χ3n) is 7.11. The van der Waals surface area contributed by atoms with Crippen LogP contribution in [-0.2, 0) is 4.79 Å². The van der Waals surface area contributed by atoms with Gasteiger partial charge in [0.15, 0.2) is 5.96 Å². The van der Waals surface area contributed by atoms with Gasteiger partial charge in [-0.15, -0.1) is 24.0 Å². The molecular weight excluding hydrogens is 465 g/mol. The fraction of sp³-hybridized carbons (Fsp3) is 0.905. The molecule has 1 amide bonds. The third kappa shape index (κ3) is 5.52. The molecule has 4 aliphatic rings. The first-order valence-corrected chi connectivity index (χ1v) is 11.2. The van der Waals surface area contributed by atoms with Crippen molar-refractivity contribution in [1.29, 1.82) is 0 Å². The van der Waals surface area contributed by atoms with E-state index in [-0.39, 0.29) is 24.0 Å². The predicted molar refractivity (Wildman–Crippen MR) is 124 cm³/mol. The average molecular weight is 503 g/mol. The summed E-state index contributed by atoms with van der Waals surface area (Å²) < 4.78 is 0. The lowest BCUT2D eigenvalue weighted by Gasteiger charge is -2.36. The lowest BCUT2D eigenvalue weighted by molar-refractivity contribution is -0.131. The van der Waals surface area contributed by atoms with Gasteiger partial charge in [-0.3, -0.25) is 14.7 Å². The average Bonchev–Trinajstić information content (AvgIpc) is 3.25. The van der Waals surface area contributed by atoms with Crippen molar-refractivity contribution >= 4 is 35.8 Å². The van der Waals surface area contributed by atoms with Crippen LogP contribution in [0, 0.1) is 11.8 Å². The number of rotatable bonds is 4. The zero-order valence-electron chi connectivity index (χ0n) is 17.4. The van der Waals surface area contributed by atoms with Crippen LogP contribution in [0.1, 0.15) is 51.4 Å². The van der Waals surface area contributed by atoms with Crippen molar-refractivity contribution in [3.8, 4) is 0 Å². The number of aliphatic imine (C=N–C) groups is 1. The second kappa shape index (κ2) is 10.5. The number of carbonyl (C=O) groups is 1. The van der Waals surface area contributed by atoms with Gasteiger partial charge in [0.25, 0.3) is 0 Å². The van der Waals surface area contributed by atoms with E-state index < -0.39 is 0 Å². The van der Waals surface area contributed by atoms with Gasteiger partial charge >= 0.3 is 0 Å². The monoisotopic (exact) mass is 503 g/mol. The maximum Gasteiger partial charge on any atom is 0.236 e. The SMILES string of the molecule is CN=C(NC1CC1C1CCCCC1)N1CCN(CC(=O)N2CCCC2)CC1.I. The van der Waals surface area contributed by atoms with Gasteiger partial charge in [-0.05, 0) is 31.1 Å². The Kier molecular flexibility index (Phi) is 8.26. The molecule has 0 bridgehead atoms. The summed E-state index contributed by atoms with van der Waals surface area (Å²) in [6, 6.07) is 0.640. The Hall–Kier alpha value is -0.570. The molecule has 2 saturated heterocycles. The predicted octanol–water partition coefficient (Wildman–Crippen LogP) is 2.39. The van der Waals surface area contributed by atoms with Crippen LogP contribution < -0.4 is 5.32 Å². The van der Waals surface area contributed by atoms with Gasteiger partial charge in [0.05, 0.1) is 6.54 Å². The fourth-order valence-corrected chi connectivity index (χ4v) is 5.30. The third-order valence-corrected chi connectivity index (χ3v) is 7.11. The maximum absolute atomic E-state index is 12.4. The van der Waals surface area contributed by atoms with Crippen molar-refractivity contribution in [3.63, 3.8) is 0 Å². The lowest BCUT2D eigenvalue weighted by Crippen LogP contribution is -2.54. The minimum absolute atomic E-state index is 0. The smallest absolute Gasteiger partial charge is 0.236 e. The number of likely N-dealkylation sites (tertiary alicyclic amines) is 1. The zero-order valence-corrected chi connectivity index (χ0v) is 19.8. The summed E-state index contributed by atoms with van der Waals surface area (Å²) in [6.45, 7) is 6.35. The maximum atomic E-state index is 12.4. The van der Waals surface area contributed by atoms with Gasteiger partial charge in [-0.1, -0.05) is 32.1 Å². The van der Waals surface area contributed by atoms with Crippen LogP contribution in [0.15, 0.2) is 4.99 Å². The minimum Gasteiger partial charge on any atom is -0.353 e. The number of hydrogen-bond donors (Lipinski definition) is 1. The van der Waals surface area contributed by atoms with Crippen molar-refractivity contribution < 1.29 is 4.79 Å². The van der Waals surface area contributed by atoms with E-state index in [1.165, 1.54) is 51.4 Å². The van der Waals surface area contributed by atoms with Crippen molar-refractivity contribution in [2.24, 2.45) is 16.8 Å². The van der Waals surface area contributed by atoms with Gasteiger partial charge in [-0.25, -0.2) is 0 Å². The number of carbonyl (C=O) groups excluding carboxylic acids is 1. The number of nitrogens with zero attached hydrogens (tertiary/aromatic N) is 4. The van der Waals surface area contributed by atoms with E-state index in [0.29, 0.717) is 18.5 Å². The van der Waals surface area contributed by atoms with E-state index in [0.717, 1.165) is 57.1 Å². The summed E-state index contributed by atoms with van der Waals surface area (Å²) in [7, 11) is 1.91. The number of halogens is 1. The first kappa shape index (κ1) is 22.1. The van der Waals surface area contributed by atoms with E-state index in [4.69, 9.17) is 0 Å². The normalized spacial score (nSPS) is 29.5. The van der Waals surface area contributed by atoms with Crippen LogP contribution in [0.3, 0.4) is 0 Å². The van der Waals surface area contributed by atoms with E-state index in [2.05, 4.69) is 20.1 Å². The van der Waals surface area contributed by atoms with E-state index >= 15 is 0 Å². The highest BCUT2D eigenvalue weighted by atomic mass is 127. The number of piperazine rings is 1. The Morgan fingerprint density at radius 3 is 2.25 bits per heavy atom. The van der Waals surface area contributed by atoms with Gasteiger partial charge in [0.1, 0.15) is 0 Å². The van der Waals surface area contributed by atoms with Gasteiger partial charge in [0.2, 0.25) is 5.91 Å². The summed E-state index contributed by atoms with van der Waals surface area (Å²) in [5, 5.41) is 3.74. The molecule has 2 aliphatic heterocycles. The first-order chi connectivity index (χ1) is 13.2. The molecule has 0 aromatic rings. The molecule has 2 saturated carbocycles. The molecule has 2 unspecified atom stereocenters. The van der Waals surface area contributed by atoms with Gasteiger partial charge < -0.3 is 15.1 Å². The quantitative estimate of drug-likeness (QED) is 0.364. The van der Waals surface area contributed by atoms with Crippen LogP contribution in [0.5, 0.6) is 0 Å². The van der Waals surface area contributed by atoms with Crippen LogP contribution >= 0.6 is 24.0 Å². The second-order valence-corrected chi connectivity index (χ2v) is 8.95. The number of hydrogen-bond acceptors (Lipinski definition) is 3. The first-order valence-electron chi connectivity index (χ1n) is 11.2. The van der Waals surface area contributed by atoms with Crippen LogP contribution in [-0.4, -0.2) is 85.5 Å². The largest absolute Gasteiger partial charge is 0.353 e. The molecule has 0 aromatic heterocycles. The molecule has 2 atom stereocenters. The number of amides is 1. The molecule has 6 nitrogen and oxygen atoms in total. The van der Waals surface area contributed by atoms with Crippen molar-refractivity contribution in [3.05, 3.63) is 0 Å². The van der Waals surface area contributed by atoms with E-state index in [1.54, 1.807) is 0 Å². The molecule has 160 valence electrons. The van der Waals surface area contributed by atoms with Gasteiger partial charge in [-0.2, -0.15) is 0 Å². The molecule has 28 heavy (non-hydrogen) atoms. The zero-order chi connectivity index (χ0) is 18.6. The van der Waals surface area contributed by atoms with Crippen LogP contribution in [0.25, 0.3) is 0 Å². The molecular formula is C21H38IN5O. The summed E-state index contributed by atoms with van der Waals surface area (Å²) in [4.78, 5) is 23.6. The molecule has 4 rings (SSSR count). The molecule has 4 fully saturated rings. The summed E-state index contributed by atoms with van der Waals surface area (Å²) >= 11 is 0. The van der Waals surface area contributed by atoms with Crippen molar-refractivity contribution in [2.75, 3.05) is 52.9 Å². The molecule has 1 N–H and O–H groups in total. The fourth-order valence-electron chi connectivity index (χ4n) is 5.30. The number of guanidine groups is 1. The minimum atomic E-state index is 0. The standard InChI is InChI=1S/C21H37N5O.HI/c1-22-21(23-19-15-18(19)17-7-3-2-4-8-17)26-13-11-24(12-14-26)16-20(27)25-9-5-6-10-25;/h17-19H,2-16H2,1H3,(H,22,23);1H. The highest BCUT2D eigenvalue weighted by molar-refractivity contribution is 14.0. The van der Waals surface area contributed by atoms with E-state index in [9.17, 15) is 4.79 Å². The highest BCUT2D eigenvalue weighted by Gasteiger charge is 2.44. The molecule has 7 heteroatoms.